The number of fused-ring (bicyclic) bond motifs is 3. The van der Waals surface area contributed by atoms with E-state index in [2.05, 4.69) is 45.9 Å². The number of hydrogen-bond donors (Lipinski definition) is 2. The molecule has 0 radical (unpaired) electrons. The Morgan fingerprint density at radius 2 is 1.97 bits per heavy atom. The van der Waals surface area contributed by atoms with E-state index in [1.807, 2.05) is 9.80 Å². The second-order valence-corrected chi connectivity index (χ2v) is 11.0. The molecule has 0 spiro atoms. The zero-order valence-corrected chi connectivity index (χ0v) is 22.7. The van der Waals surface area contributed by atoms with Gasteiger partial charge in [-0.2, -0.15) is 0 Å². The van der Waals surface area contributed by atoms with Gasteiger partial charge in [0.1, 0.15) is 12.4 Å². The predicted octanol–water partition coefficient (Wildman–Crippen LogP) is 1.63. The minimum atomic E-state index is 0.118. The van der Waals surface area contributed by atoms with Crippen LogP contribution in [-0.4, -0.2) is 100 Å². The van der Waals surface area contributed by atoms with Crippen LogP contribution >= 0.6 is 0 Å². The van der Waals surface area contributed by atoms with Gasteiger partial charge in [-0.25, -0.2) is 0 Å². The maximum atomic E-state index is 13.1. The number of nitrogens with zero attached hydrogens (tertiary/aromatic N) is 3. The standard InChI is InChI=1S/C29H43N5O4/c1-37-21-26-5-2-11-34(26)25-6-7-27-24(16-25)18-31-19-29(36)33-12-8-22(23(20-33)4-3-15-38-27)17-28(35)32-13-9-30-10-14-32/h3-4,6-7,16,22-23,26,30-31H,2,5,8-15,17-21H2,1H3/b4-3+/t22-,23-,26-/m0/s1. The third-order valence-corrected chi connectivity index (χ3v) is 8.49. The molecule has 2 amide bonds. The molecule has 0 unspecified atom stereocenters. The molecule has 2 N–H and O–H groups in total. The highest BCUT2D eigenvalue weighted by molar-refractivity contribution is 5.79. The number of benzene rings is 1. The molecule has 3 fully saturated rings. The lowest BCUT2D eigenvalue weighted by atomic mass is 9.82. The summed E-state index contributed by atoms with van der Waals surface area (Å²) in [6, 6.07) is 6.78. The Balaban J connectivity index is 1.28. The van der Waals surface area contributed by atoms with Gasteiger partial charge in [0.05, 0.1) is 19.2 Å². The first kappa shape index (κ1) is 27.0. The first-order valence-electron chi connectivity index (χ1n) is 14.3. The van der Waals surface area contributed by atoms with E-state index in [9.17, 15) is 9.59 Å². The molecule has 0 saturated carbocycles. The maximum absolute atomic E-state index is 13.1. The van der Waals surface area contributed by atoms with Crippen LogP contribution in [0.25, 0.3) is 0 Å². The largest absolute Gasteiger partial charge is 0.489 e. The summed E-state index contributed by atoms with van der Waals surface area (Å²) in [5.41, 5.74) is 2.24. The third-order valence-electron chi connectivity index (χ3n) is 8.49. The lowest BCUT2D eigenvalue weighted by Crippen LogP contribution is -2.49. The maximum Gasteiger partial charge on any atom is 0.236 e. The number of piperidine rings is 1. The fourth-order valence-corrected chi connectivity index (χ4v) is 6.35. The molecule has 5 rings (SSSR count). The Morgan fingerprint density at radius 1 is 1.11 bits per heavy atom. The van der Waals surface area contributed by atoms with Crippen LogP contribution in [0.5, 0.6) is 5.75 Å². The Kier molecular flexibility index (Phi) is 9.19. The van der Waals surface area contributed by atoms with Crippen LogP contribution in [0, 0.1) is 11.8 Å². The van der Waals surface area contributed by atoms with Crippen LogP contribution in [0.15, 0.2) is 30.4 Å². The molecule has 3 atom stereocenters. The van der Waals surface area contributed by atoms with Crippen LogP contribution in [-0.2, 0) is 20.9 Å². The summed E-state index contributed by atoms with van der Waals surface area (Å²) in [5.74, 6) is 1.59. The fourth-order valence-electron chi connectivity index (χ4n) is 6.35. The molecule has 2 bridgehead atoms. The molecule has 0 aliphatic carbocycles. The van der Waals surface area contributed by atoms with Crippen LogP contribution in [0.4, 0.5) is 5.69 Å². The number of rotatable bonds is 5. The van der Waals surface area contributed by atoms with Crippen LogP contribution < -0.4 is 20.3 Å². The minimum Gasteiger partial charge on any atom is -0.489 e. The molecule has 4 heterocycles. The van der Waals surface area contributed by atoms with Gasteiger partial charge in [-0.3, -0.25) is 9.59 Å². The Hall–Kier alpha value is -2.62. The summed E-state index contributed by atoms with van der Waals surface area (Å²) >= 11 is 0. The summed E-state index contributed by atoms with van der Waals surface area (Å²) in [6.45, 7) is 7.72. The summed E-state index contributed by atoms with van der Waals surface area (Å²) < 4.78 is 11.7. The second kappa shape index (κ2) is 13.0. The van der Waals surface area contributed by atoms with Gasteiger partial charge in [0, 0.05) is 77.1 Å². The van der Waals surface area contributed by atoms with Crippen molar-refractivity contribution in [3.63, 3.8) is 0 Å². The Labute approximate surface area is 226 Å². The third kappa shape index (κ3) is 6.50. The highest BCUT2D eigenvalue weighted by Gasteiger charge is 2.33. The summed E-state index contributed by atoms with van der Waals surface area (Å²) in [7, 11) is 1.76. The number of methoxy groups -OCH3 is 1. The van der Waals surface area contributed by atoms with Gasteiger partial charge < -0.3 is 34.8 Å². The molecule has 4 aliphatic rings. The molecule has 3 saturated heterocycles. The van der Waals surface area contributed by atoms with E-state index in [-0.39, 0.29) is 23.7 Å². The first-order valence-corrected chi connectivity index (χ1v) is 14.3. The lowest BCUT2D eigenvalue weighted by molar-refractivity contribution is -0.135. The van der Waals surface area contributed by atoms with Crippen molar-refractivity contribution in [2.45, 2.75) is 38.3 Å². The van der Waals surface area contributed by atoms with E-state index in [0.717, 1.165) is 69.9 Å². The molecule has 208 valence electrons. The number of ether oxygens (including phenoxy) is 2. The van der Waals surface area contributed by atoms with Crippen molar-refractivity contribution in [2.75, 3.05) is 77.6 Å². The molecule has 4 aliphatic heterocycles. The SMILES string of the molecule is COC[C@@H]1CCCN1c1ccc2c(c1)CNCC(=O)N1CC[C@@H](CC(=O)N3CCNCC3)[C@@H](/C=C/CO2)C1. The van der Waals surface area contributed by atoms with Gasteiger partial charge in [-0.15, -0.1) is 0 Å². The quantitative estimate of drug-likeness (QED) is 0.565. The van der Waals surface area contributed by atoms with Crippen LogP contribution in [0.2, 0.25) is 0 Å². The van der Waals surface area contributed by atoms with E-state index in [1.165, 1.54) is 5.69 Å². The molecule has 38 heavy (non-hydrogen) atoms. The molecule has 9 heteroatoms. The number of amides is 2. The van der Waals surface area contributed by atoms with Crippen LogP contribution in [0.3, 0.4) is 0 Å². The van der Waals surface area contributed by atoms with Crippen molar-refractivity contribution < 1.29 is 19.1 Å². The fraction of sp³-hybridized carbons (Fsp3) is 0.655. The number of nitrogens with one attached hydrogen (secondary N) is 2. The average Bonchev–Trinajstić information content (AvgIpc) is 3.41. The van der Waals surface area contributed by atoms with Crippen molar-refractivity contribution in [2.24, 2.45) is 11.8 Å². The van der Waals surface area contributed by atoms with Gasteiger partial charge in [0.2, 0.25) is 11.8 Å². The monoisotopic (exact) mass is 525 g/mol. The smallest absolute Gasteiger partial charge is 0.236 e. The summed E-state index contributed by atoms with van der Waals surface area (Å²) in [5, 5.41) is 6.68. The first-order chi connectivity index (χ1) is 18.6. The second-order valence-electron chi connectivity index (χ2n) is 11.0. The van der Waals surface area contributed by atoms with E-state index in [0.29, 0.717) is 45.2 Å². The normalized spacial score (nSPS) is 27.6. The zero-order chi connectivity index (χ0) is 26.3. The Morgan fingerprint density at radius 3 is 2.82 bits per heavy atom. The van der Waals surface area contributed by atoms with Crippen molar-refractivity contribution in [1.82, 2.24) is 20.4 Å². The van der Waals surface area contributed by atoms with Crippen LogP contribution in [0.1, 0.15) is 31.2 Å². The topological polar surface area (TPSA) is 86.4 Å². The van der Waals surface area contributed by atoms with Gasteiger partial charge in [-0.05, 0) is 49.3 Å². The van der Waals surface area contributed by atoms with E-state index in [4.69, 9.17) is 9.47 Å². The summed E-state index contributed by atoms with van der Waals surface area (Å²) in [4.78, 5) is 32.5. The van der Waals surface area contributed by atoms with Gasteiger partial charge >= 0.3 is 0 Å². The number of anilines is 1. The van der Waals surface area contributed by atoms with Crippen molar-refractivity contribution in [3.8, 4) is 5.75 Å². The summed E-state index contributed by atoms with van der Waals surface area (Å²) in [6.07, 6.45) is 7.94. The van der Waals surface area contributed by atoms with Gasteiger partial charge in [0.25, 0.3) is 0 Å². The van der Waals surface area contributed by atoms with Crippen molar-refractivity contribution in [1.29, 1.82) is 0 Å². The number of piperazine rings is 1. The van der Waals surface area contributed by atoms with E-state index in [1.54, 1.807) is 7.11 Å². The van der Waals surface area contributed by atoms with E-state index >= 15 is 0 Å². The predicted molar refractivity (Wildman–Crippen MR) is 147 cm³/mol. The highest BCUT2D eigenvalue weighted by Crippen LogP contribution is 2.32. The lowest BCUT2D eigenvalue weighted by Gasteiger charge is -2.38. The highest BCUT2D eigenvalue weighted by atomic mass is 16.5. The van der Waals surface area contributed by atoms with E-state index < -0.39 is 0 Å². The molecule has 1 aromatic rings. The zero-order valence-electron chi connectivity index (χ0n) is 22.7. The van der Waals surface area contributed by atoms with Gasteiger partial charge in [0.15, 0.2) is 0 Å². The number of hydrogen-bond acceptors (Lipinski definition) is 7. The molecular formula is C29H43N5O4. The Bertz CT molecular complexity index is 995. The average molecular weight is 526 g/mol. The number of carbonyl (C=O) groups excluding carboxylic acids is 2. The molecule has 1 aromatic carbocycles. The molecular weight excluding hydrogens is 482 g/mol. The number of carbonyl (C=O) groups is 2. The minimum absolute atomic E-state index is 0.118. The van der Waals surface area contributed by atoms with Crippen molar-refractivity contribution >= 4 is 17.5 Å². The molecule has 0 aromatic heterocycles. The van der Waals surface area contributed by atoms with Crippen molar-refractivity contribution in [3.05, 3.63) is 35.9 Å². The molecule has 9 nitrogen and oxygen atoms in total. The van der Waals surface area contributed by atoms with Gasteiger partial charge in [-0.1, -0.05) is 12.2 Å².